The van der Waals surface area contributed by atoms with E-state index >= 15 is 0 Å². The van der Waals surface area contributed by atoms with Crippen molar-refractivity contribution in [3.63, 3.8) is 0 Å². The third-order valence-electron chi connectivity index (χ3n) is 2.49. The maximum atomic E-state index is 6.06. The highest BCUT2D eigenvalue weighted by atomic mass is 127. The topological polar surface area (TPSA) is 47.3 Å². The SMILES string of the molecule is CCOc1cccc(Nc2ccc(I)cc2)c1N. The Kier molecular flexibility index (Phi) is 4.30. The quantitative estimate of drug-likeness (QED) is 0.644. The Labute approximate surface area is 120 Å². The molecule has 0 aliphatic rings. The predicted octanol–water partition coefficient (Wildman–Crippen LogP) is 4.02. The van der Waals surface area contributed by atoms with Crippen LogP contribution in [0.1, 0.15) is 6.92 Å². The summed E-state index contributed by atoms with van der Waals surface area (Å²) in [6.45, 7) is 2.55. The molecule has 2 aromatic rings. The highest BCUT2D eigenvalue weighted by Gasteiger charge is 2.05. The molecule has 2 rings (SSSR count). The van der Waals surface area contributed by atoms with Crippen molar-refractivity contribution in [1.82, 2.24) is 0 Å². The maximum Gasteiger partial charge on any atom is 0.144 e. The molecule has 0 radical (unpaired) electrons. The second kappa shape index (κ2) is 5.95. The molecule has 0 atom stereocenters. The Bertz CT molecular complexity index is 526. The van der Waals surface area contributed by atoms with Gasteiger partial charge in [0.05, 0.1) is 18.0 Å². The standard InChI is InChI=1S/C14H15IN2O/c1-2-18-13-5-3-4-12(14(13)16)17-11-8-6-10(15)7-9-11/h3-9,17H,2,16H2,1H3. The number of nitrogens with one attached hydrogen (secondary N) is 1. The zero-order valence-electron chi connectivity index (χ0n) is 10.1. The normalized spacial score (nSPS) is 10.1. The van der Waals surface area contributed by atoms with Crippen LogP contribution in [0, 0.1) is 3.57 Å². The van der Waals surface area contributed by atoms with Gasteiger partial charge in [0.1, 0.15) is 5.75 Å². The summed E-state index contributed by atoms with van der Waals surface area (Å²) >= 11 is 2.28. The van der Waals surface area contributed by atoms with Crippen LogP contribution in [0.5, 0.6) is 5.75 Å². The average molecular weight is 354 g/mol. The Morgan fingerprint density at radius 2 is 1.89 bits per heavy atom. The molecule has 0 spiro atoms. The summed E-state index contributed by atoms with van der Waals surface area (Å²) < 4.78 is 6.67. The van der Waals surface area contributed by atoms with Gasteiger partial charge in [0.25, 0.3) is 0 Å². The molecule has 3 N–H and O–H groups in total. The van der Waals surface area contributed by atoms with E-state index in [1.165, 1.54) is 3.57 Å². The first kappa shape index (κ1) is 13.0. The number of hydrogen-bond donors (Lipinski definition) is 2. The second-order valence-corrected chi connectivity index (χ2v) is 5.03. The molecule has 94 valence electrons. The number of hydrogen-bond acceptors (Lipinski definition) is 3. The van der Waals surface area contributed by atoms with Gasteiger partial charge in [-0.05, 0) is 65.9 Å². The van der Waals surface area contributed by atoms with Crippen molar-refractivity contribution in [2.45, 2.75) is 6.92 Å². The van der Waals surface area contributed by atoms with Gasteiger partial charge in [-0.1, -0.05) is 6.07 Å². The Balaban J connectivity index is 2.23. The van der Waals surface area contributed by atoms with E-state index in [2.05, 4.69) is 27.9 Å². The fourth-order valence-corrected chi connectivity index (χ4v) is 1.98. The predicted molar refractivity (Wildman–Crippen MR) is 84.5 cm³/mol. The van der Waals surface area contributed by atoms with E-state index in [4.69, 9.17) is 10.5 Å². The molecule has 0 unspecified atom stereocenters. The number of halogens is 1. The van der Waals surface area contributed by atoms with Crippen LogP contribution in [0.3, 0.4) is 0 Å². The van der Waals surface area contributed by atoms with Crippen molar-refractivity contribution in [2.75, 3.05) is 17.7 Å². The number of para-hydroxylation sites is 1. The summed E-state index contributed by atoms with van der Waals surface area (Å²) in [4.78, 5) is 0. The van der Waals surface area contributed by atoms with Crippen molar-refractivity contribution in [3.05, 3.63) is 46.0 Å². The molecule has 4 heteroatoms. The Morgan fingerprint density at radius 1 is 1.17 bits per heavy atom. The van der Waals surface area contributed by atoms with Gasteiger partial charge in [0, 0.05) is 9.26 Å². The lowest BCUT2D eigenvalue weighted by atomic mass is 10.2. The number of nitrogen functional groups attached to an aromatic ring is 1. The summed E-state index contributed by atoms with van der Waals surface area (Å²) in [5.74, 6) is 0.716. The van der Waals surface area contributed by atoms with Gasteiger partial charge in [0.2, 0.25) is 0 Å². The summed E-state index contributed by atoms with van der Waals surface area (Å²) in [7, 11) is 0. The summed E-state index contributed by atoms with van der Waals surface area (Å²) in [5, 5.41) is 3.29. The Morgan fingerprint density at radius 3 is 2.56 bits per heavy atom. The van der Waals surface area contributed by atoms with Gasteiger partial charge >= 0.3 is 0 Å². The number of benzene rings is 2. The molecule has 0 aromatic heterocycles. The minimum Gasteiger partial charge on any atom is -0.492 e. The second-order valence-electron chi connectivity index (χ2n) is 3.78. The fraction of sp³-hybridized carbons (Fsp3) is 0.143. The van der Waals surface area contributed by atoms with E-state index in [1.54, 1.807) is 0 Å². The average Bonchev–Trinajstić information content (AvgIpc) is 2.37. The van der Waals surface area contributed by atoms with Gasteiger partial charge in [0.15, 0.2) is 0 Å². The first-order valence-electron chi connectivity index (χ1n) is 5.74. The van der Waals surface area contributed by atoms with Crippen LogP contribution in [-0.2, 0) is 0 Å². The third kappa shape index (κ3) is 3.07. The molecule has 0 aliphatic carbocycles. The van der Waals surface area contributed by atoms with E-state index in [9.17, 15) is 0 Å². The van der Waals surface area contributed by atoms with Gasteiger partial charge in [-0.25, -0.2) is 0 Å². The lowest BCUT2D eigenvalue weighted by molar-refractivity contribution is 0.342. The van der Waals surface area contributed by atoms with Crippen molar-refractivity contribution in [3.8, 4) is 5.75 Å². The van der Waals surface area contributed by atoms with E-state index in [-0.39, 0.29) is 0 Å². The van der Waals surface area contributed by atoms with Crippen LogP contribution < -0.4 is 15.8 Å². The van der Waals surface area contributed by atoms with Gasteiger partial charge < -0.3 is 15.8 Å². The smallest absolute Gasteiger partial charge is 0.144 e. The molecule has 18 heavy (non-hydrogen) atoms. The number of nitrogens with two attached hydrogens (primary N) is 1. The first-order chi connectivity index (χ1) is 8.70. The summed E-state index contributed by atoms with van der Waals surface area (Å²) in [6.07, 6.45) is 0. The lowest BCUT2D eigenvalue weighted by Crippen LogP contribution is -2.01. The van der Waals surface area contributed by atoms with Crippen LogP contribution in [0.4, 0.5) is 17.1 Å². The zero-order valence-corrected chi connectivity index (χ0v) is 12.3. The molecule has 0 bridgehead atoms. The molecule has 0 fully saturated rings. The van der Waals surface area contributed by atoms with E-state index in [0.717, 1.165) is 11.4 Å². The molecule has 0 aliphatic heterocycles. The lowest BCUT2D eigenvalue weighted by Gasteiger charge is -2.13. The van der Waals surface area contributed by atoms with Crippen molar-refractivity contribution < 1.29 is 4.74 Å². The monoisotopic (exact) mass is 354 g/mol. The van der Waals surface area contributed by atoms with E-state index < -0.39 is 0 Å². The van der Waals surface area contributed by atoms with Crippen LogP contribution >= 0.6 is 22.6 Å². The molecule has 0 heterocycles. The van der Waals surface area contributed by atoms with Gasteiger partial charge in [-0.3, -0.25) is 0 Å². The third-order valence-corrected chi connectivity index (χ3v) is 3.21. The fourth-order valence-electron chi connectivity index (χ4n) is 1.62. The molecular weight excluding hydrogens is 339 g/mol. The number of rotatable bonds is 4. The van der Waals surface area contributed by atoms with Crippen molar-refractivity contribution in [1.29, 1.82) is 0 Å². The maximum absolute atomic E-state index is 6.06. The molecule has 2 aromatic carbocycles. The van der Waals surface area contributed by atoms with E-state index in [0.29, 0.717) is 18.0 Å². The summed E-state index contributed by atoms with van der Waals surface area (Å²) in [5.41, 5.74) is 8.57. The van der Waals surface area contributed by atoms with Crippen molar-refractivity contribution in [2.24, 2.45) is 0 Å². The van der Waals surface area contributed by atoms with E-state index in [1.807, 2.05) is 49.4 Å². The molecule has 3 nitrogen and oxygen atoms in total. The molecular formula is C14H15IN2O. The molecule has 0 saturated heterocycles. The summed E-state index contributed by atoms with van der Waals surface area (Å²) in [6, 6.07) is 13.9. The number of ether oxygens (including phenoxy) is 1. The Hall–Kier alpha value is -1.43. The van der Waals surface area contributed by atoms with Crippen LogP contribution in [-0.4, -0.2) is 6.61 Å². The molecule has 0 saturated carbocycles. The first-order valence-corrected chi connectivity index (χ1v) is 6.82. The van der Waals surface area contributed by atoms with Crippen molar-refractivity contribution >= 4 is 39.7 Å². The minimum absolute atomic E-state index is 0.608. The van der Waals surface area contributed by atoms with Gasteiger partial charge in [-0.2, -0.15) is 0 Å². The van der Waals surface area contributed by atoms with Crippen LogP contribution in [0.15, 0.2) is 42.5 Å². The zero-order chi connectivity index (χ0) is 13.0. The van der Waals surface area contributed by atoms with Crippen LogP contribution in [0.2, 0.25) is 0 Å². The molecule has 0 amide bonds. The van der Waals surface area contributed by atoms with Gasteiger partial charge in [-0.15, -0.1) is 0 Å². The number of anilines is 3. The highest BCUT2D eigenvalue weighted by molar-refractivity contribution is 14.1. The highest BCUT2D eigenvalue weighted by Crippen LogP contribution is 2.31. The minimum atomic E-state index is 0.608. The van der Waals surface area contributed by atoms with Crippen LogP contribution in [0.25, 0.3) is 0 Å². The largest absolute Gasteiger partial charge is 0.492 e.